The number of nitriles is 1. The highest BCUT2D eigenvalue weighted by atomic mass is 19.1. The molecule has 0 fully saturated rings. The maximum absolute atomic E-state index is 13.5. The summed E-state index contributed by atoms with van der Waals surface area (Å²) in [6, 6.07) is 15.8. The standard InChI is InChI=1S/C20H15FN2O/c1-12-3-8-16(21)10-17(12)14-4-6-15(7-5-14)18-9-13(2)23-20(24)19(18)11-22/h3-10H,1-2H3,(H,23,24). The predicted octanol–water partition coefficient (Wildman–Crippen LogP) is 4.34. The van der Waals surface area contributed by atoms with E-state index in [0.29, 0.717) is 11.3 Å². The summed E-state index contributed by atoms with van der Waals surface area (Å²) in [6.45, 7) is 3.70. The normalized spacial score (nSPS) is 10.4. The molecule has 0 aliphatic carbocycles. The van der Waals surface area contributed by atoms with Crippen LogP contribution in [-0.4, -0.2) is 4.98 Å². The molecule has 0 aliphatic rings. The molecule has 3 aromatic rings. The predicted molar refractivity (Wildman–Crippen MR) is 92.1 cm³/mol. The van der Waals surface area contributed by atoms with Crippen LogP contribution in [0.1, 0.15) is 16.8 Å². The summed E-state index contributed by atoms with van der Waals surface area (Å²) in [6.07, 6.45) is 0. The zero-order chi connectivity index (χ0) is 17.3. The van der Waals surface area contributed by atoms with E-state index >= 15 is 0 Å². The van der Waals surface area contributed by atoms with Gasteiger partial charge in [0.25, 0.3) is 5.56 Å². The monoisotopic (exact) mass is 318 g/mol. The van der Waals surface area contributed by atoms with E-state index in [0.717, 1.165) is 22.3 Å². The fourth-order valence-electron chi connectivity index (χ4n) is 2.76. The van der Waals surface area contributed by atoms with Gasteiger partial charge in [-0.1, -0.05) is 30.3 Å². The zero-order valence-electron chi connectivity index (χ0n) is 13.4. The number of hydrogen-bond acceptors (Lipinski definition) is 2. The van der Waals surface area contributed by atoms with Crippen molar-refractivity contribution in [2.45, 2.75) is 13.8 Å². The molecule has 24 heavy (non-hydrogen) atoms. The van der Waals surface area contributed by atoms with E-state index in [1.165, 1.54) is 12.1 Å². The van der Waals surface area contributed by atoms with Gasteiger partial charge in [-0.3, -0.25) is 4.79 Å². The Labute approximate surface area is 139 Å². The summed E-state index contributed by atoms with van der Waals surface area (Å²) in [4.78, 5) is 14.5. The first-order valence-corrected chi connectivity index (χ1v) is 7.50. The molecule has 0 unspecified atom stereocenters. The van der Waals surface area contributed by atoms with E-state index in [1.54, 1.807) is 19.1 Å². The first-order valence-electron chi connectivity index (χ1n) is 7.50. The minimum Gasteiger partial charge on any atom is -0.325 e. The van der Waals surface area contributed by atoms with Crippen LogP contribution < -0.4 is 5.56 Å². The number of hydrogen-bond donors (Lipinski definition) is 1. The van der Waals surface area contributed by atoms with Crippen LogP contribution in [-0.2, 0) is 0 Å². The van der Waals surface area contributed by atoms with Gasteiger partial charge in [0.15, 0.2) is 0 Å². The van der Waals surface area contributed by atoms with Crippen molar-refractivity contribution >= 4 is 0 Å². The highest BCUT2D eigenvalue weighted by Crippen LogP contribution is 2.28. The van der Waals surface area contributed by atoms with Crippen molar-refractivity contribution in [3.8, 4) is 28.3 Å². The molecule has 1 N–H and O–H groups in total. The number of aromatic amines is 1. The van der Waals surface area contributed by atoms with E-state index in [1.807, 2.05) is 37.3 Å². The van der Waals surface area contributed by atoms with Crippen LogP contribution in [0.2, 0.25) is 0 Å². The molecule has 0 radical (unpaired) electrons. The minimum atomic E-state index is -0.391. The number of rotatable bonds is 2. The fourth-order valence-corrected chi connectivity index (χ4v) is 2.76. The second kappa shape index (κ2) is 6.13. The lowest BCUT2D eigenvalue weighted by atomic mass is 9.96. The number of aromatic nitrogens is 1. The number of aryl methyl sites for hydroxylation is 2. The molecule has 118 valence electrons. The Morgan fingerprint density at radius 2 is 1.58 bits per heavy atom. The SMILES string of the molecule is Cc1cc(-c2ccc(-c3cc(F)ccc3C)cc2)c(C#N)c(=O)[nH]1. The van der Waals surface area contributed by atoms with E-state index < -0.39 is 5.56 Å². The topological polar surface area (TPSA) is 56.6 Å². The van der Waals surface area contributed by atoms with Gasteiger partial charge in [0.1, 0.15) is 17.4 Å². The Morgan fingerprint density at radius 3 is 2.21 bits per heavy atom. The van der Waals surface area contributed by atoms with Crippen molar-refractivity contribution in [2.24, 2.45) is 0 Å². The lowest BCUT2D eigenvalue weighted by molar-refractivity contribution is 0.628. The van der Waals surface area contributed by atoms with Crippen molar-refractivity contribution in [3.05, 3.63) is 81.5 Å². The number of H-pyrrole nitrogens is 1. The third-order valence-corrected chi connectivity index (χ3v) is 3.99. The van der Waals surface area contributed by atoms with Crippen LogP contribution in [0, 0.1) is 31.0 Å². The van der Waals surface area contributed by atoms with Crippen molar-refractivity contribution in [2.75, 3.05) is 0 Å². The summed E-state index contributed by atoms with van der Waals surface area (Å²) < 4.78 is 13.5. The third-order valence-electron chi connectivity index (χ3n) is 3.99. The van der Waals surface area contributed by atoms with E-state index in [2.05, 4.69) is 4.98 Å². The average Bonchev–Trinajstić information content (AvgIpc) is 2.56. The number of halogens is 1. The van der Waals surface area contributed by atoms with Gasteiger partial charge in [-0.15, -0.1) is 0 Å². The van der Waals surface area contributed by atoms with Crippen LogP contribution in [0.4, 0.5) is 4.39 Å². The van der Waals surface area contributed by atoms with Crippen molar-refractivity contribution < 1.29 is 4.39 Å². The third kappa shape index (κ3) is 2.84. The molecule has 4 heteroatoms. The van der Waals surface area contributed by atoms with Gasteiger partial charge in [0.05, 0.1) is 0 Å². The van der Waals surface area contributed by atoms with Gasteiger partial charge < -0.3 is 4.98 Å². The molecule has 0 aliphatic heterocycles. The first kappa shape index (κ1) is 15.7. The van der Waals surface area contributed by atoms with E-state index in [4.69, 9.17) is 0 Å². The van der Waals surface area contributed by atoms with Gasteiger partial charge in [0.2, 0.25) is 0 Å². The van der Waals surface area contributed by atoms with Crippen LogP contribution >= 0.6 is 0 Å². The maximum Gasteiger partial charge on any atom is 0.266 e. The highest BCUT2D eigenvalue weighted by molar-refractivity contribution is 5.75. The van der Waals surface area contributed by atoms with E-state index in [9.17, 15) is 14.4 Å². The summed E-state index contributed by atoms with van der Waals surface area (Å²) in [7, 11) is 0. The maximum atomic E-state index is 13.5. The molecule has 0 amide bonds. The Hall–Kier alpha value is -3.19. The van der Waals surface area contributed by atoms with Crippen LogP contribution in [0.5, 0.6) is 0 Å². The summed E-state index contributed by atoms with van der Waals surface area (Å²) >= 11 is 0. The molecule has 1 aromatic heterocycles. The van der Waals surface area contributed by atoms with Gasteiger partial charge in [0, 0.05) is 11.3 Å². The molecule has 0 saturated heterocycles. The Bertz CT molecular complexity index is 1010. The average molecular weight is 318 g/mol. The van der Waals surface area contributed by atoms with Gasteiger partial charge >= 0.3 is 0 Å². The van der Waals surface area contributed by atoms with Gasteiger partial charge in [-0.25, -0.2) is 4.39 Å². The number of pyridine rings is 1. The molecule has 0 spiro atoms. The van der Waals surface area contributed by atoms with Gasteiger partial charge in [-0.2, -0.15) is 5.26 Å². The molecule has 3 nitrogen and oxygen atoms in total. The Kier molecular flexibility index (Phi) is 4.01. The first-order chi connectivity index (χ1) is 11.5. The largest absolute Gasteiger partial charge is 0.325 e. The second-order valence-electron chi connectivity index (χ2n) is 5.72. The van der Waals surface area contributed by atoms with E-state index in [-0.39, 0.29) is 11.4 Å². The van der Waals surface area contributed by atoms with Gasteiger partial charge in [-0.05, 0) is 54.3 Å². The Morgan fingerprint density at radius 1 is 0.958 bits per heavy atom. The summed E-state index contributed by atoms with van der Waals surface area (Å²) in [5, 5.41) is 9.24. The molecule has 2 aromatic carbocycles. The minimum absolute atomic E-state index is 0.0929. The van der Waals surface area contributed by atoms with Crippen LogP contribution in [0.15, 0.2) is 53.3 Å². The molecular formula is C20H15FN2O. The number of nitrogens with one attached hydrogen (secondary N) is 1. The molecular weight excluding hydrogens is 303 g/mol. The molecule has 0 atom stereocenters. The molecule has 1 heterocycles. The summed E-state index contributed by atoms with van der Waals surface area (Å²) in [5.74, 6) is -0.281. The smallest absolute Gasteiger partial charge is 0.266 e. The number of benzene rings is 2. The van der Waals surface area contributed by atoms with Crippen molar-refractivity contribution in [3.63, 3.8) is 0 Å². The molecule has 0 bridgehead atoms. The molecule has 3 rings (SSSR count). The van der Waals surface area contributed by atoms with Crippen molar-refractivity contribution in [1.29, 1.82) is 5.26 Å². The van der Waals surface area contributed by atoms with Crippen molar-refractivity contribution in [1.82, 2.24) is 4.98 Å². The Balaban J connectivity index is 2.10. The lowest BCUT2D eigenvalue weighted by Crippen LogP contribution is -2.12. The van der Waals surface area contributed by atoms with Crippen LogP contribution in [0.3, 0.4) is 0 Å². The zero-order valence-corrected chi connectivity index (χ0v) is 13.4. The lowest BCUT2D eigenvalue weighted by Gasteiger charge is -2.09. The fraction of sp³-hybridized carbons (Fsp3) is 0.100. The van der Waals surface area contributed by atoms with Crippen LogP contribution in [0.25, 0.3) is 22.3 Å². The second-order valence-corrected chi connectivity index (χ2v) is 5.72. The number of nitrogens with zero attached hydrogens (tertiary/aromatic N) is 1. The highest BCUT2D eigenvalue weighted by Gasteiger charge is 2.11. The molecule has 0 saturated carbocycles. The summed E-state index contributed by atoms with van der Waals surface area (Å²) in [5.41, 5.74) is 4.46. The quantitative estimate of drug-likeness (QED) is 0.764.